The third-order valence-corrected chi connectivity index (χ3v) is 3.32. The highest BCUT2D eigenvalue weighted by Crippen LogP contribution is 2.37. The van der Waals surface area contributed by atoms with Gasteiger partial charge in [0, 0.05) is 11.1 Å². The van der Waals surface area contributed by atoms with Crippen molar-refractivity contribution in [3.8, 4) is 0 Å². The summed E-state index contributed by atoms with van der Waals surface area (Å²) in [6.07, 6.45) is 1.15. The summed E-state index contributed by atoms with van der Waals surface area (Å²) in [7, 11) is 0. The lowest BCUT2D eigenvalue weighted by Gasteiger charge is -2.12. The van der Waals surface area contributed by atoms with Crippen molar-refractivity contribution in [2.24, 2.45) is 5.73 Å². The van der Waals surface area contributed by atoms with Gasteiger partial charge in [-0.15, -0.1) is 0 Å². The van der Waals surface area contributed by atoms with Gasteiger partial charge < -0.3 is 5.73 Å². The van der Waals surface area contributed by atoms with E-state index in [0.29, 0.717) is 36.1 Å². The van der Waals surface area contributed by atoms with Crippen LogP contribution in [0.3, 0.4) is 0 Å². The Balaban J connectivity index is 3.64. The number of rotatable bonds is 5. The highest BCUT2D eigenvalue weighted by atomic mass is 16.6. The van der Waals surface area contributed by atoms with Crippen LogP contribution in [-0.2, 0) is 6.42 Å². The van der Waals surface area contributed by atoms with Gasteiger partial charge in [-0.25, -0.2) is 0 Å². The minimum absolute atomic E-state index is 0.112. The number of benzene rings is 1. The first kappa shape index (κ1) is 15.0. The Morgan fingerprint density at radius 3 is 1.68 bits per heavy atom. The van der Waals surface area contributed by atoms with Crippen molar-refractivity contribution in [3.63, 3.8) is 0 Å². The average molecular weight is 267 g/mol. The zero-order valence-corrected chi connectivity index (χ0v) is 11.2. The molecule has 104 valence electrons. The third-order valence-electron chi connectivity index (χ3n) is 3.32. The number of nitro groups is 2. The zero-order chi connectivity index (χ0) is 14.7. The number of nitrogens with zero attached hydrogens (tertiary/aromatic N) is 2. The lowest BCUT2D eigenvalue weighted by Crippen LogP contribution is -2.09. The molecule has 0 saturated carbocycles. The van der Waals surface area contributed by atoms with Gasteiger partial charge in [-0.1, -0.05) is 0 Å². The van der Waals surface area contributed by atoms with E-state index in [4.69, 9.17) is 5.73 Å². The van der Waals surface area contributed by atoms with Crippen LogP contribution in [0.15, 0.2) is 0 Å². The molecule has 1 aromatic carbocycles. The molecule has 0 atom stereocenters. The minimum atomic E-state index is -0.553. The summed E-state index contributed by atoms with van der Waals surface area (Å²) in [4.78, 5) is 21.1. The summed E-state index contributed by atoms with van der Waals surface area (Å²) >= 11 is 0. The lowest BCUT2D eigenvalue weighted by molar-refractivity contribution is -0.396. The van der Waals surface area contributed by atoms with Gasteiger partial charge in [0.15, 0.2) is 0 Å². The monoisotopic (exact) mass is 267 g/mol. The van der Waals surface area contributed by atoms with E-state index in [0.717, 1.165) is 0 Å². The fraction of sp³-hybridized carbons (Fsp3) is 0.500. The van der Waals surface area contributed by atoms with Crippen molar-refractivity contribution >= 4 is 11.4 Å². The van der Waals surface area contributed by atoms with E-state index < -0.39 is 9.85 Å². The summed E-state index contributed by atoms with van der Waals surface area (Å²) < 4.78 is 0. The van der Waals surface area contributed by atoms with Gasteiger partial charge >= 0.3 is 0 Å². The van der Waals surface area contributed by atoms with Crippen LogP contribution in [-0.4, -0.2) is 16.4 Å². The molecule has 0 heterocycles. The molecule has 0 unspecified atom stereocenters. The van der Waals surface area contributed by atoms with Crippen molar-refractivity contribution in [2.75, 3.05) is 6.54 Å². The predicted molar refractivity (Wildman–Crippen MR) is 71.3 cm³/mol. The molecule has 0 aromatic heterocycles. The van der Waals surface area contributed by atoms with Crippen LogP contribution in [0.5, 0.6) is 0 Å². The molecule has 0 spiro atoms. The second kappa shape index (κ2) is 5.75. The van der Waals surface area contributed by atoms with Crippen LogP contribution >= 0.6 is 0 Å². The number of hydrogen-bond acceptors (Lipinski definition) is 5. The van der Waals surface area contributed by atoms with E-state index in [1.54, 1.807) is 13.8 Å². The van der Waals surface area contributed by atoms with E-state index in [-0.39, 0.29) is 16.9 Å². The summed E-state index contributed by atoms with van der Waals surface area (Å²) in [5, 5.41) is 22.2. The Kier molecular flexibility index (Phi) is 4.55. The fourth-order valence-corrected chi connectivity index (χ4v) is 2.44. The fourth-order valence-electron chi connectivity index (χ4n) is 2.44. The van der Waals surface area contributed by atoms with Crippen LogP contribution in [0.4, 0.5) is 11.4 Å². The van der Waals surface area contributed by atoms with Crippen molar-refractivity contribution in [2.45, 2.75) is 33.6 Å². The molecule has 0 fully saturated rings. The molecule has 1 aromatic rings. The van der Waals surface area contributed by atoms with Crippen molar-refractivity contribution < 1.29 is 9.85 Å². The third kappa shape index (κ3) is 2.70. The standard InChI is InChI=1S/C12H17N3O4/c1-7-10(5-4-6-13)8(2)12(15(18)19)9(3)11(7)14(16)17/h4-6,13H2,1-3H3. The Bertz CT molecular complexity index is 499. The molecule has 0 bridgehead atoms. The molecule has 0 aliphatic carbocycles. The Labute approximate surface area is 110 Å². The molecule has 1 rings (SSSR count). The topological polar surface area (TPSA) is 112 Å². The van der Waals surface area contributed by atoms with E-state index in [1.807, 2.05) is 0 Å². The van der Waals surface area contributed by atoms with Crippen LogP contribution in [0.1, 0.15) is 28.7 Å². The summed E-state index contributed by atoms with van der Waals surface area (Å²) in [6, 6.07) is 0. The predicted octanol–water partition coefficient (Wildman–Crippen LogP) is 2.32. The second-order valence-electron chi connectivity index (χ2n) is 4.46. The number of nitrogens with two attached hydrogens (primary N) is 1. The molecule has 0 aliphatic heterocycles. The molecule has 7 nitrogen and oxygen atoms in total. The van der Waals surface area contributed by atoms with E-state index in [2.05, 4.69) is 0 Å². The number of hydrogen-bond donors (Lipinski definition) is 1. The molecule has 19 heavy (non-hydrogen) atoms. The highest BCUT2D eigenvalue weighted by molar-refractivity contribution is 5.65. The summed E-state index contributed by atoms with van der Waals surface area (Å²) in [5.74, 6) is 0. The quantitative estimate of drug-likeness (QED) is 0.649. The van der Waals surface area contributed by atoms with Gasteiger partial charge in [0.25, 0.3) is 11.4 Å². The summed E-state index contributed by atoms with van der Waals surface area (Å²) in [6.45, 7) is 5.12. The lowest BCUT2D eigenvalue weighted by atomic mass is 9.92. The van der Waals surface area contributed by atoms with Crippen LogP contribution in [0.2, 0.25) is 0 Å². The van der Waals surface area contributed by atoms with Gasteiger partial charge in [-0.2, -0.15) is 0 Å². The van der Waals surface area contributed by atoms with E-state index >= 15 is 0 Å². The van der Waals surface area contributed by atoms with E-state index in [9.17, 15) is 20.2 Å². The molecular formula is C12H17N3O4. The maximum absolute atomic E-state index is 11.1. The maximum atomic E-state index is 11.1. The molecule has 0 saturated heterocycles. The van der Waals surface area contributed by atoms with Gasteiger partial charge in [0.05, 0.1) is 9.85 Å². The Morgan fingerprint density at radius 2 is 1.37 bits per heavy atom. The molecular weight excluding hydrogens is 250 g/mol. The normalized spacial score (nSPS) is 10.5. The Morgan fingerprint density at radius 1 is 0.947 bits per heavy atom. The molecule has 0 amide bonds. The first-order chi connectivity index (χ1) is 8.82. The van der Waals surface area contributed by atoms with Crippen LogP contribution in [0.25, 0.3) is 0 Å². The maximum Gasteiger partial charge on any atom is 0.282 e. The van der Waals surface area contributed by atoms with E-state index in [1.165, 1.54) is 6.92 Å². The molecule has 2 N–H and O–H groups in total. The van der Waals surface area contributed by atoms with Gasteiger partial charge in [-0.05, 0) is 45.7 Å². The summed E-state index contributed by atoms with van der Waals surface area (Å²) in [5.41, 5.74) is 6.88. The van der Waals surface area contributed by atoms with Crippen molar-refractivity contribution in [3.05, 3.63) is 42.5 Å². The Hall–Kier alpha value is -2.02. The minimum Gasteiger partial charge on any atom is -0.330 e. The smallest absolute Gasteiger partial charge is 0.282 e. The van der Waals surface area contributed by atoms with Crippen molar-refractivity contribution in [1.82, 2.24) is 0 Å². The highest BCUT2D eigenvalue weighted by Gasteiger charge is 2.30. The van der Waals surface area contributed by atoms with Gasteiger partial charge in [0.1, 0.15) is 5.56 Å². The van der Waals surface area contributed by atoms with Gasteiger partial charge in [-0.3, -0.25) is 20.2 Å². The molecule has 7 heteroatoms. The largest absolute Gasteiger partial charge is 0.330 e. The average Bonchev–Trinajstić information content (AvgIpc) is 2.27. The van der Waals surface area contributed by atoms with Crippen molar-refractivity contribution in [1.29, 1.82) is 0 Å². The molecule has 0 radical (unpaired) electrons. The van der Waals surface area contributed by atoms with Crippen LogP contribution < -0.4 is 5.73 Å². The van der Waals surface area contributed by atoms with Gasteiger partial charge in [0.2, 0.25) is 0 Å². The van der Waals surface area contributed by atoms with Crippen LogP contribution in [0, 0.1) is 41.0 Å². The zero-order valence-electron chi connectivity index (χ0n) is 11.2. The first-order valence-electron chi connectivity index (χ1n) is 5.94. The second-order valence-corrected chi connectivity index (χ2v) is 4.46. The molecule has 0 aliphatic rings. The first-order valence-corrected chi connectivity index (χ1v) is 5.94. The number of nitro benzene ring substituents is 2. The SMILES string of the molecule is Cc1c(CCCN)c(C)c([N+](=O)[O-])c(C)c1[N+](=O)[O-].